The van der Waals surface area contributed by atoms with Gasteiger partial charge in [0, 0.05) is 18.7 Å². The first-order chi connectivity index (χ1) is 15.1. The van der Waals surface area contributed by atoms with E-state index in [2.05, 4.69) is 4.99 Å². The summed E-state index contributed by atoms with van der Waals surface area (Å²) >= 11 is 0. The third-order valence-corrected chi connectivity index (χ3v) is 5.55. The van der Waals surface area contributed by atoms with E-state index in [4.69, 9.17) is 15.3 Å². The van der Waals surface area contributed by atoms with Crippen LogP contribution in [0.4, 0.5) is 0 Å². The van der Waals surface area contributed by atoms with Crippen molar-refractivity contribution in [2.24, 2.45) is 10.8 Å². The first-order valence-electron chi connectivity index (χ1n) is 9.13. The molecular weight excluding hydrogens is 438 g/mol. The van der Waals surface area contributed by atoms with Gasteiger partial charge in [-0.2, -0.15) is 5.26 Å². The van der Waals surface area contributed by atoms with Gasteiger partial charge in [0.15, 0.2) is 9.84 Å². The van der Waals surface area contributed by atoms with Crippen LogP contribution in [-0.4, -0.2) is 42.9 Å². The Kier molecular flexibility index (Phi) is 6.42. The number of nitro groups is 1. The van der Waals surface area contributed by atoms with Gasteiger partial charge in [-0.05, 0) is 17.7 Å². The van der Waals surface area contributed by atoms with Gasteiger partial charge in [0.05, 0.1) is 23.7 Å². The maximum absolute atomic E-state index is 12.3. The normalized spacial score (nSPS) is 16.2. The number of hydrazine groups is 1. The monoisotopic (exact) mass is 457 g/mol. The van der Waals surface area contributed by atoms with Gasteiger partial charge in [-0.15, -0.1) is 0 Å². The van der Waals surface area contributed by atoms with Crippen molar-refractivity contribution in [2.45, 2.75) is 11.9 Å². The number of rotatable bonds is 7. The highest BCUT2D eigenvalue weighted by Crippen LogP contribution is 2.29. The molecule has 1 unspecified atom stereocenters. The molecule has 0 spiro atoms. The summed E-state index contributed by atoms with van der Waals surface area (Å²) in [6.45, 7) is 0. The maximum Gasteiger partial charge on any atom is 0.351 e. The van der Waals surface area contributed by atoms with Crippen molar-refractivity contribution in [3.05, 3.63) is 81.4 Å². The zero-order valence-corrected chi connectivity index (χ0v) is 17.9. The van der Waals surface area contributed by atoms with Crippen molar-refractivity contribution in [1.82, 2.24) is 5.01 Å². The van der Waals surface area contributed by atoms with E-state index in [1.807, 2.05) is 6.07 Å². The predicted octanol–water partition coefficient (Wildman–Crippen LogP) is 1.59. The topological polar surface area (TPSA) is 161 Å². The molecule has 0 saturated carbocycles. The second-order valence-electron chi connectivity index (χ2n) is 6.82. The second kappa shape index (κ2) is 9.04. The van der Waals surface area contributed by atoms with Crippen molar-refractivity contribution < 1.29 is 22.8 Å². The molecule has 0 aromatic heterocycles. The quantitative estimate of drug-likeness (QED) is 0.370. The number of ether oxygens (including phenoxy) is 2. The Bertz CT molecular complexity index is 1250. The van der Waals surface area contributed by atoms with E-state index in [-0.39, 0.29) is 29.2 Å². The minimum atomic E-state index is -3.90. The van der Waals surface area contributed by atoms with Crippen molar-refractivity contribution in [3.63, 3.8) is 0 Å². The highest BCUT2D eigenvalue weighted by atomic mass is 32.2. The van der Waals surface area contributed by atoms with Crippen LogP contribution in [0.25, 0.3) is 0 Å². The summed E-state index contributed by atoms with van der Waals surface area (Å²) in [6, 6.07) is 14.8. The Morgan fingerprint density at radius 1 is 1.25 bits per heavy atom. The fraction of sp³-hybridized carbons (Fsp3) is 0.200. The lowest BCUT2D eigenvalue weighted by atomic mass is 10.1. The van der Waals surface area contributed by atoms with Gasteiger partial charge in [0.1, 0.15) is 17.2 Å². The maximum atomic E-state index is 12.3. The zero-order chi connectivity index (χ0) is 23.5. The van der Waals surface area contributed by atoms with E-state index >= 15 is 0 Å². The Labute approximate surface area is 184 Å². The number of aliphatic imine (C=N–C) groups is 1. The number of methoxy groups -OCH3 is 1. The van der Waals surface area contributed by atoms with Crippen LogP contribution >= 0.6 is 0 Å². The molecule has 1 aliphatic rings. The molecule has 11 nitrogen and oxygen atoms in total. The fourth-order valence-corrected chi connectivity index (χ4v) is 3.86. The summed E-state index contributed by atoms with van der Waals surface area (Å²) in [5, 5.41) is 21.8. The summed E-state index contributed by atoms with van der Waals surface area (Å²) in [4.78, 5) is 15.3. The van der Waals surface area contributed by atoms with Gasteiger partial charge in [-0.3, -0.25) is 10.1 Å². The lowest BCUT2D eigenvalue weighted by Crippen LogP contribution is -2.50. The third-order valence-electron chi connectivity index (χ3n) is 4.45. The van der Waals surface area contributed by atoms with Gasteiger partial charge in [-0.1, -0.05) is 30.3 Å². The van der Waals surface area contributed by atoms with Crippen LogP contribution < -0.4 is 15.3 Å². The third kappa shape index (κ3) is 4.85. The number of hydrogen-bond acceptors (Lipinski definition) is 10. The molecule has 1 atom stereocenters. The molecule has 2 N–H and O–H groups in total. The molecule has 0 radical (unpaired) electrons. The first kappa shape index (κ1) is 22.7. The molecular formula is C20H19N5O6S. The molecule has 0 saturated heterocycles. The van der Waals surface area contributed by atoms with Crippen molar-refractivity contribution in [1.29, 1.82) is 5.26 Å². The van der Waals surface area contributed by atoms with Gasteiger partial charge in [0.25, 0.3) is 5.88 Å². The van der Waals surface area contributed by atoms with Crippen molar-refractivity contribution >= 4 is 15.5 Å². The van der Waals surface area contributed by atoms with Crippen molar-refractivity contribution in [2.75, 3.05) is 13.4 Å². The van der Waals surface area contributed by atoms with Crippen molar-refractivity contribution in [3.8, 4) is 17.6 Å². The van der Waals surface area contributed by atoms with Crippen LogP contribution in [0, 0.1) is 21.4 Å². The largest absolute Gasteiger partial charge is 0.497 e. The van der Waals surface area contributed by atoms with E-state index in [0.29, 0.717) is 10.6 Å². The number of nitriles is 1. The first-order valence-corrected chi connectivity index (χ1v) is 11.1. The number of hydrogen-bond donors (Lipinski definition) is 1. The van der Waals surface area contributed by atoms with E-state index < -0.39 is 31.8 Å². The Hall–Kier alpha value is -3.95. The average molecular weight is 457 g/mol. The molecule has 0 amide bonds. The Morgan fingerprint density at radius 2 is 1.91 bits per heavy atom. The number of sulfone groups is 1. The zero-order valence-electron chi connectivity index (χ0n) is 17.1. The van der Waals surface area contributed by atoms with E-state index in [0.717, 1.165) is 6.26 Å². The predicted molar refractivity (Wildman–Crippen MR) is 115 cm³/mol. The average Bonchev–Trinajstić information content (AvgIpc) is 2.75. The molecule has 0 fully saturated rings. The van der Waals surface area contributed by atoms with Gasteiger partial charge in [0.2, 0.25) is 5.50 Å². The summed E-state index contributed by atoms with van der Waals surface area (Å²) < 4.78 is 35.5. The minimum Gasteiger partial charge on any atom is -0.497 e. The van der Waals surface area contributed by atoms with Crippen LogP contribution in [0.5, 0.6) is 11.5 Å². The smallest absolute Gasteiger partial charge is 0.351 e. The Morgan fingerprint density at radius 3 is 2.47 bits per heavy atom. The molecule has 3 rings (SSSR count). The summed E-state index contributed by atoms with van der Waals surface area (Å²) in [6.07, 6.45) is 0.890. The molecule has 1 heterocycles. The van der Waals surface area contributed by atoms with Gasteiger partial charge in [-0.25, -0.2) is 24.3 Å². The SMILES string of the molecule is COc1cc(C#N)cc(OC2=C([N+](=O)[O-])C(Cc3ccccc3)=NC(S(C)(=O)=O)N2N)c1. The van der Waals surface area contributed by atoms with Crippen LogP contribution in [0.15, 0.2) is 65.1 Å². The summed E-state index contributed by atoms with van der Waals surface area (Å²) in [5.41, 5.74) is -1.49. The van der Waals surface area contributed by atoms with E-state index in [1.165, 1.54) is 25.3 Å². The highest BCUT2D eigenvalue weighted by Gasteiger charge is 2.42. The summed E-state index contributed by atoms with van der Waals surface area (Å²) in [5.74, 6) is 5.68. The number of nitrogens with zero attached hydrogens (tertiary/aromatic N) is 4. The van der Waals surface area contributed by atoms with E-state index in [1.54, 1.807) is 30.3 Å². The number of allylic oxidation sites excluding steroid dienone is 1. The standard InChI is InChI=1S/C20H19N5O6S/c1-30-15-8-14(12-21)9-16(11-15)31-19-18(25(26)27)17(10-13-6-4-3-5-7-13)23-20(24(19)22)32(2,28)29/h3-9,11,20H,10,22H2,1-2H3. The number of benzene rings is 2. The van der Waals surface area contributed by atoms with Gasteiger partial charge >= 0.3 is 5.70 Å². The molecule has 1 aliphatic heterocycles. The molecule has 32 heavy (non-hydrogen) atoms. The molecule has 0 bridgehead atoms. The van der Waals surface area contributed by atoms with Crippen LogP contribution in [0.3, 0.4) is 0 Å². The lowest BCUT2D eigenvalue weighted by molar-refractivity contribution is -0.419. The highest BCUT2D eigenvalue weighted by molar-refractivity contribution is 7.91. The van der Waals surface area contributed by atoms with Crippen LogP contribution in [-0.2, 0) is 16.3 Å². The lowest BCUT2D eigenvalue weighted by Gasteiger charge is -2.30. The fourth-order valence-electron chi connectivity index (χ4n) is 3.03. The summed E-state index contributed by atoms with van der Waals surface area (Å²) in [7, 11) is -2.52. The molecule has 2 aromatic carbocycles. The molecule has 166 valence electrons. The molecule has 0 aliphatic carbocycles. The van der Waals surface area contributed by atoms with Crippen LogP contribution in [0.2, 0.25) is 0 Å². The van der Waals surface area contributed by atoms with E-state index in [9.17, 15) is 23.8 Å². The van der Waals surface area contributed by atoms with Crippen LogP contribution in [0.1, 0.15) is 11.1 Å². The molecule has 12 heteroatoms. The molecule has 2 aromatic rings. The van der Waals surface area contributed by atoms with Gasteiger partial charge < -0.3 is 9.47 Å². The second-order valence-corrected chi connectivity index (χ2v) is 8.90. The number of nitrogens with two attached hydrogens (primary N) is 1. The Balaban J connectivity index is 2.16. The minimum absolute atomic E-state index is 0.00101.